The summed E-state index contributed by atoms with van der Waals surface area (Å²) in [6, 6.07) is -0.545. The Morgan fingerprint density at radius 1 is 0.400 bits per heavy atom. The molecule has 0 aromatic heterocycles. The number of unbranched alkanes of at least 4 members (excludes halogenated alkanes) is 44. The van der Waals surface area contributed by atoms with Crippen LogP contribution in [0.1, 0.15) is 348 Å². The molecule has 0 fully saturated rings. The quantitative estimate of drug-likeness (QED) is 0.0321. The number of hydrogen-bond acceptors (Lipinski definition) is 5. The van der Waals surface area contributed by atoms with Crippen molar-refractivity contribution in [3.63, 3.8) is 0 Å². The number of aliphatic hydroxyl groups excluding tert-OH is 2. The number of nitrogens with one attached hydrogen (secondary N) is 1. The molecule has 0 spiro atoms. The maximum Gasteiger partial charge on any atom is 0.305 e. The molecule has 70 heavy (non-hydrogen) atoms. The Labute approximate surface area is 437 Å². The molecule has 3 N–H and O–H groups in total. The van der Waals surface area contributed by atoms with E-state index in [2.05, 4.69) is 43.5 Å². The number of allylic oxidation sites excluding steroid dienone is 4. The fourth-order valence-corrected chi connectivity index (χ4v) is 9.91. The zero-order valence-corrected chi connectivity index (χ0v) is 47.3. The van der Waals surface area contributed by atoms with Gasteiger partial charge in [0.05, 0.1) is 25.4 Å². The Morgan fingerprint density at radius 2 is 0.714 bits per heavy atom. The minimum absolute atomic E-state index is 0.0109. The third-order valence-electron chi connectivity index (χ3n) is 14.8. The van der Waals surface area contributed by atoms with Crippen molar-refractivity contribution >= 4 is 11.9 Å². The van der Waals surface area contributed by atoms with Crippen LogP contribution in [0.4, 0.5) is 0 Å². The molecule has 414 valence electrons. The summed E-state index contributed by atoms with van der Waals surface area (Å²) in [5.41, 5.74) is 0. The Hall–Kier alpha value is -1.66. The summed E-state index contributed by atoms with van der Waals surface area (Å²) in [6.07, 6.45) is 73.3. The summed E-state index contributed by atoms with van der Waals surface area (Å²) in [6.45, 7) is 4.97. The van der Waals surface area contributed by atoms with Crippen molar-refractivity contribution in [1.29, 1.82) is 0 Å². The van der Waals surface area contributed by atoms with E-state index in [-0.39, 0.29) is 18.5 Å². The Balaban J connectivity index is 3.42. The first-order valence-corrected chi connectivity index (χ1v) is 31.6. The third kappa shape index (κ3) is 55.7. The van der Waals surface area contributed by atoms with Gasteiger partial charge < -0.3 is 20.3 Å². The number of carbonyl (C=O) groups is 2. The molecule has 0 aliphatic carbocycles. The van der Waals surface area contributed by atoms with Gasteiger partial charge in [0, 0.05) is 12.8 Å². The van der Waals surface area contributed by atoms with Gasteiger partial charge in [-0.1, -0.05) is 301 Å². The van der Waals surface area contributed by atoms with Gasteiger partial charge in [-0.2, -0.15) is 0 Å². The molecule has 0 saturated carbocycles. The standard InChI is InChI=1S/C64H123NO5/c1-3-5-7-9-11-13-15-17-29-33-36-40-44-48-52-56-62(67)61(60-66)65-63(68)57-53-49-45-41-37-34-30-27-25-23-21-19-18-20-22-24-26-28-31-35-39-43-47-51-55-59-70-64(69)58-54-50-46-42-38-32-16-14-12-10-8-6-4-2/h19-22,61-62,66-67H,3-18,23-60H2,1-2H3,(H,65,68)/b21-19-,22-20-. The summed E-state index contributed by atoms with van der Waals surface area (Å²) >= 11 is 0. The van der Waals surface area contributed by atoms with E-state index < -0.39 is 12.1 Å². The molecule has 0 bridgehead atoms. The van der Waals surface area contributed by atoms with Gasteiger partial charge in [0.15, 0.2) is 0 Å². The second-order valence-corrected chi connectivity index (χ2v) is 21.7. The van der Waals surface area contributed by atoms with E-state index in [1.165, 1.54) is 270 Å². The van der Waals surface area contributed by atoms with Crippen molar-refractivity contribution in [2.24, 2.45) is 0 Å². The first-order chi connectivity index (χ1) is 34.5. The number of aliphatic hydroxyl groups is 2. The number of rotatable bonds is 59. The second kappa shape index (κ2) is 59.9. The molecule has 2 atom stereocenters. The van der Waals surface area contributed by atoms with Crippen LogP contribution in [0, 0.1) is 0 Å². The molecule has 1 amide bonds. The lowest BCUT2D eigenvalue weighted by Gasteiger charge is -2.22. The Morgan fingerprint density at radius 3 is 1.09 bits per heavy atom. The van der Waals surface area contributed by atoms with Crippen LogP contribution < -0.4 is 5.32 Å². The van der Waals surface area contributed by atoms with Crippen molar-refractivity contribution in [1.82, 2.24) is 5.32 Å². The van der Waals surface area contributed by atoms with Crippen molar-refractivity contribution in [3.05, 3.63) is 24.3 Å². The zero-order valence-electron chi connectivity index (χ0n) is 47.3. The third-order valence-corrected chi connectivity index (χ3v) is 14.8. The van der Waals surface area contributed by atoms with Gasteiger partial charge >= 0.3 is 5.97 Å². The molecule has 0 aliphatic rings. The van der Waals surface area contributed by atoms with Crippen molar-refractivity contribution in [3.8, 4) is 0 Å². The normalized spacial score (nSPS) is 12.7. The van der Waals surface area contributed by atoms with Crippen molar-refractivity contribution < 1.29 is 24.5 Å². The first-order valence-electron chi connectivity index (χ1n) is 31.6. The highest BCUT2D eigenvalue weighted by Gasteiger charge is 2.20. The summed E-state index contributed by atoms with van der Waals surface area (Å²) < 4.78 is 5.48. The lowest BCUT2D eigenvalue weighted by molar-refractivity contribution is -0.143. The highest BCUT2D eigenvalue weighted by Crippen LogP contribution is 2.18. The van der Waals surface area contributed by atoms with Gasteiger partial charge in [0.25, 0.3) is 0 Å². The van der Waals surface area contributed by atoms with Crippen LogP contribution in [0.15, 0.2) is 24.3 Å². The predicted octanol–water partition coefficient (Wildman–Crippen LogP) is 19.8. The van der Waals surface area contributed by atoms with Gasteiger partial charge in [0.2, 0.25) is 5.91 Å². The summed E-state index contributed by atoms with van der Waals surface area (Å²) in [5, 5.41) is 23.3. The fourth-order valence-electron chi connectivity index (χ4n) is 9.91. The molecule has 0 aromatic rings. The van der Waals surface area contributed by atoms with E-state index in [1.807, 2.05) is 0 Å². The SMILES string of the molecule is CCCCCCCCCCCCCCCCCC(O)C(CO)NC(=O)CCCCCCCCCCC/C=C\C/C=C\CCCCCCCCCCCOC(=O)CCCCCCCCCCCCCCC. The number of carbonyl (C=O) groups excluding carboxylic acids is 2. The van der Waals surface area contributed by atoms with E-state index >= 15 is 0 Å². The van der Waals surface area contributed by atoms with Crippen LogP contribution in [0.3, 0.4) is 0 Å². The van der Waals surface area contributed by atoms with E-state index in [0.29, 0.717) is 25.9 Å². The van der Waals surface area contributed by atoms with Crippen molar-refractivity contribution in [2.45, 2.75) is 360 Å². The number of ether oxygens (including phenoxy) is 1. The summed E-state index contributed by atoms with van der Waals surface area (Å²) in [7, 11) is 0. The highest BCUT2D eigenvalue weighted by molar-refractivity contribution is 5.76. The average Bonchev–Trinajstić information content (AvgIpc) is 3.36. The maximum absolute atomic E-state index is 12.5. The van der Waals surface area contributed by atoms with Gasteiger partial charge in [-0.15, -0.1) is 0 Å². The van der Waals surface area contributed by atoms with E-state index in [1.54, 1.807) is 0 Å². The van der Waals surface area contributed by atoms with Crippen molar-refractivity contribution in [2.75, 3.05) is 13.2 Å². The number of amides is 1. The monoisotopic (exact) mass is 986 g/mol. The first kappa shape index (κ1) is 68.3. The van der Waals surface area contributed by atoms with Gasteiger partial charge in [-0.05, 0) is 57.8 Å². The van der Waals surface area contributed by atoms with E-state index in [4.69, 9.17) is 4.74 Å². The zero-order chi connectivity index (χ0) is 50.7. The van der Waals surface area contributed by atoms with Gasteiger partial charge in [-0.3, -0.25) is 9.59 Å². The molecule has 2 unspecified atom stereocenters. The lowest BCUT2D eigenvalue weighted by Crippen LogP contribution is -2.45. The Bertz CT molecular complexity index is 1090. The molecule has 0 rings (SSSR count). The predicted molar refractivity (Wildman–Crippen MR) is 306 cm³/mol. The molecule has 0 saturated heterocycles. The number of esters is 1. The largest absolute Gasteiger partial charge is 0.466 e. The Kier molecular flexibility index (Phi) is 58.5. The van der Waals surface area contributed by atoms with Crippen LogP contribution in [-0.4, -0.2) is 47.4 Å². The molecule has 6 heteroatoms. The summed E-state index contributed by atoms with van der Waals surface area (Å²) in [5.74, 6) is -0.0282. The minimum Gasteiger partial charge on any atom is -0.466 e. The van der Waals surface area contributed by atoms with Crippen LogP contribution in [0.5, 0.6) is 0 Å². The molecule has 0 heterocycles. The molecule has 6 nitrogen and oxygen atoms in total. The van der Waals surface area contributed by atoms with Crippen LogP contribution in [-0.2, 0) is 14.3 Å². The molecule has 0 radical (unpaired) electrons. The topological polar surface area (TPSA) is 95.9 Å². The highest BCUT2D eigenvalue weighted by atomic mass is 16.5. The molecular weight excluding hydrogens is 863 g/mol. The molecular formula is C64H123NO5. The van der Waals surface area contributed by atoms with Gasteiger partial charge in [-0.25, -0.2) is 0 Å². The molecule has 0 aliphatic heterocycles. The number of hydrogen-bond donors (Lipinski definition) is 3. The van der Waals surface area contributed by atoms with Crippen LogP contribution >= 0.6 is 0 Å². The minimum atomic E-state index is -0.668. The maximum atomic E-state index is 12.5. The average molecular weight is 987 g/mol. The summed E-state index contributed by atoms with van der Waals surface area (Å²) in [4.78, 5) is 24.5. The smallest absolute Gasteiger partial charge is 0.305 e. The van der Waals surface area contributed by atoms with Crippen LogP contribution in [0.25, 0.3) is 0 Å². The lowest BCUT2D eigenvalue weighted by atomic mass is 10.0. The molecule has 0 aromatic carbocycles. The van der Waals surface area contributed by atoms with Crippen LogP contribution in [0.2, 0.25) is 0 Å². The van der Waals surface area contributed by atoms with E-state index in [0.717, 1.165) is 44.9 Å². The van der Waals surface area contributed by atoms with E-state index in [9.17, 15) is 19.8 Å². The van der Waals surface area contributed by atoms with Gasteiger partial charge in [0.1, 0.15) is 0 Å². The second-order valence-electron chi connectivity index (χ2n) is 21.7. The fraction of sp³-hybridized carbons (Fsp3) is 0.906.